The Hall–Kier alpha value is -0.870. The molecule has 1 aliphatic heterocycles. The van der Waals surface area contributed by atoms with Crippen molar-refractivity contribution in [1.29, 1.82) is 0 Å². The summed E-state index contributed by atoms with van der Waals surface area (Å²) < 4.78 is 1.85. The van der Waals surface area contributed by atoms with Gasteiger partial charge in [-0.15, -0.1) is 0 Å². The zero-order chi connectivity index (χ0) is 10.7. The fourth-order valence-corrected chi connectivity index (χ4v) is 2.34. The minimum Gasteiger partial charge on any atom is -0.329 e. The van der Waals surface area contributed by atoms with Crippen molar-refractivity contribution in [1.82, 2.24) is 14.7 Å². The Balaban J connectivity index is 2.08. The van der Waals surface area contributed by atoms with Crippen LogP contribution in [0.4, 0.5) is 0 Å². The largest absolute Gasteiger partial charge is 0.329 e. The predicted molar refractivity (Wildman–Crippen MR) is 60.4 cm³/mol. The summed E-state index contributed by atoms with van der Waals surface area (Å²) >= 11 is 0. The maximum absolute atomic E-state index is 5.87. The molecule has 1 saturated heterocycles. The molecule has 4 heteroatoms. The van der Waals surface area contributed by atoms with Crippen molar-refractivity contribution < 1.29 is 0 Å². The van der Waals surface area contributed by atoms with E-state index in [9.17, 15) is 0 Å². The Bertz CT molecular complexity index is 301. The molecule has 0 saturated carbocycles. The maximum Gasteiger partial charge on any atom is 0.0538 e. The van der Waals surface area contributed by atoms with Gasteiger partial charge in [0.2, 0.25) is 0 Å². The van der Waals surface area contributed by atoms with Gasteiger partial charge in [0.05, 0.1) is 12.2 Å². The highest BCUT2D eigenvalue weighted by Gasteiger charge is 2.21. The molecule has 0 amide bonds. The minimum atomic E-state index is 0.360. The first kappa shape index (κ1) is 10.6. The average Bonchev–Trinajstić information content (AvgIpc) is 2.68. The number of nitrogens with two attached hydrogens (primary N) is 1. The molecule has 0 radical (unpaired) electrons. The van der Waals surface area contributed by atoms with E-state index in [2.05, 4.69) is 16.2 Å². The molecule has 4 nitrogen and oxygen atoms in total. The van der Waals surface area contributed by atoms with E-state index in [0.29, 0.717) is 12.6 Å². The zero-order valence-corrected chi connectivity index (χ0v) is 9.39. The molecule has 2 heterocycles. The van der Waals surface area contributed by atoms with Crippen LogP contribution in [0.1, 0.15) is 30.9 Å². The van der Waals surface area contributed by atoms with Crippen LogP contribution in [0.15, 0.2) is 12.4 Å². The van der Waals surface area contributed by atoms with Crippen LogP contribution in [-0.4, -0.2) is 34.3 Å². The van der Waals surface area contributed by atoms with Gasteiger partial charge in [-0.05, 0) is 25.9 Å². The lowest BCUT2D eigenvalue weighted by Gasteiger charge is -2.33. The summed E-state index contributed by atoms with van der Waals surface area (Å²) in [6.07, 6.45) is 7.98. The number of hydrogen-bond donors (Lipinski definition) is 1. The lowest BCUT2D eigenvalue weighted by molar-refractivity contribution is 0.167. The second-order valence-electron chi connectivity index (χ2n) is 4.30. The molecule has 1 aromatic heterocycles. The Kier molecular flexibility index (Phi) is 3.38. The summed E-state index contributed by atoms with van der Waals surface area (Å²) in [7, 11) is 1.95. The van der Waals surface area contributed by atoms with Crippen LogP contribution < -0.4 is 5.73 Å². The Morgan fingerprint density at radius 1 is 1.40 bits per heavy atom. The van der Waals surface area contributed by atoms with Crippen molar-refractivity contribution >= 4 is 0 Å². The van der Waals surface area contributed by atoms with E-state index in [1.807, 2.05) is 17.9 Å². The summed E-state index contributed by atoms with van der Waals surface area (Å²) in [5, 5.41) is 4.21. The van der Waals surface area contributed by atoms with Crippen LogP contribution >= 0.6 is 0 Å². The van der Waals surface area contributed by atoms with Gasteiger partial charge in [0, 0.05) is 25.4 Å². The first-order valence-electron chi connectivity index (χ1n) is 5.74. The van der Waals surface area contributed by atoms with E-state index in [0.717, 1.165) is 0 Å². The van der Waals surface area contributed by atoms with Crippen LogP contribution in [0.25, 0.3) is 0 Å². The number of hydrogen-bond acceptors (Lipinski definition) is 3. The van der Waals surface area contributed by atoms with E-state index >= 15 is 0 Å². The van der Waals surface area contributed by atoms with Gasteiger partial charge in [-0.3, -0.25) is 9.58 Å². The van der Waals surface area contributed by atoms with Gasteiger partial charge in [0.1, 0.15) is 0 Å². The Labute approximate surface area is 91.1 Å². The van der Waals surface area contributed by atoms with Crippen molar-refractivity contribution in [2.45, 2.75) is 25.3 Å². The number of likely N-dealkylation sites (tertiary alicyclic amines) is 1. The first-order valence-corrected chi connectivity index (χ1v) is 5.74. The highest BCUT2D eigenvalue weighted by Crippen LogP contribution is 2.22. The van der Waals surface area contributed by atoms with Crippen LogP contribution in [0.5, 0.6) is 0 Å². The van der Waals surface area contributed by atoms with E-state index in [-0.39, 0.29) is 0 Å². The normalized spacial score (nSPS) is 20.4. The van der Waals surface area contributed by atoms with E-state index in [1.165, 1.54) is 37.9 Å². The molecule has 15 heavy (non-hydrogen) atoms. The summed E-state index contributed by atoms with van der Waals surface area (Å²) in [6.45, 7) is 3.04. The molecule has 2 N–H and O–H groups in total. The van der Waals surface area contributed by atoms with Crippen LogP contribution in [0, 0.1) is 0 Å². The highest BCUT2D eigenvalue weighted by atomic mass is 15.3. The fraction of sp³-hybridized carbons (Fsp3) is 0.727. The smallest absolute Gasteiger partial charge is 0.0538 e. The van der Waals surface area contributed by atoms with Crippen molar-refractivity contribution in [3.05, 3.63) is 18.0 Å². The lowest BCUT2D eigenvalue weighted by atomic mass is 10.0. The number of piperidine rings is 1. The summed E-state index contributed by atoms with van der Waals surface area (Å²) in [6, 6.07) is 0.360. The number of aromatic nitrogens is 2. The molecule has 0 aliphatic carbocycles. The fourth-order valence-electron chi connectivity index (χ4n) is 2.34. The molecule has 1 aromatic rings. The minimum absolute atomic E-state index is 0.360. The highest BCUT2D eigenvalue weighted by molar-refractivity contribution is 5.11. The lowest BCUT2D eigenvalue weighted by Crippen LogP contribution is -2.37. The average molecular weight is 208 g/mol. The van der Waals surface area contributed by atoms with Crippen LogP contribution in [-0.2, 0) is 7.05 Å². The number of nitrogens with zero attached hydrogens (tertiary/aromatic N) is 3. The molecule has 0 spiro atoms. The Morgan fingerprint density at radius 3 is 2.67 bits per heavy atom. The topological polar surface area (TPSA) is 47.1 Å². The SMILES string of the molecule is Cn1cc(C(CN)N2CCCCC2)cn1. The van der Waals surface area contributed by atoms with Crippen molar-refractivity contribution in [2.75, 3.05) is 19.6 Å². The van der Waals surface area contributed by atoms with Crippen molar-refractivity contribution in [3.63, 3.8) is 0 Å². The molecular weight excluding hydrogens is 188 g/mol. The third kappa shape index (κ3) is 2.38. The molecule has 1 fully saturated rings. The standard InChI is InChI=1S/C11H20N4/c1-14-9-10(8-13-14)11(7-12)15-5-3-2-4-6-15/h8-9,11H,2-7,12H2,1H3. The van der Waals surface area contributed by atoms with Crippen LogP contribution in [0.2, 0.25) is 0 Å². The molecule has 2 rings (SSSR count). The number of rotatable bonds is 3. The van der Waals surface area contributed by atoms with E-state index in [4.69, 9.17) is 5.73 Å². The maximum atomic E-state index is 5.87. The molecule has 1 unspecified atom stereocenters. The molecule has 1 atom stereocenters. The van der Waals surface area contributed by atoms with Gasteiger partial charge in [-0.25, -0.2) is 0 Å². The molecular formula is C11H20N4. The third-order valence-corrected chi connectivity index (χ3v) is 3.16. The Morgan fingerprint density at radius 2 is 2.13 bits per heavy atom. The quantitative estimate of drug-likeness (QED) is 0.803. The van der Waals surface area contributed by atoms with Gasteiger partial charge >= 0.3 is 0 Å². The van der Waals surface area contributed by atoms with Gasteiger partial charge in [-0.2, -0.15) is 5.10 Å². The first-order chi connectivity index (χ1) is 7.31. The van der Waals surface area contributed by atoms with Crippen LogP contribution in [0.3, 0.4) is 0 Å². The van der Waals surface area contributed by atoms with Gasteiger partial charge in [0.25, 0.3) is 0 Å². The van der Waals surface area contributed by atoms with Crippen molar-refractivity contribution in [3.8, 4) is 0 Å². The monoisotopic (exact) mass is 208 g/mol. The zero-order valence-electron chi connectivity index (χ0n) is 9.39. The third-order valence-electron chi connectivity index (χ3n) is 3.16. The second kappa shape index (κ2) is 4.77. The van der Waals surface area contributed by atoms with Crippen molar-refractivity contribution in [2.24, 2.45) is 12.8 Å². The number of aryl methyl sites for hydroxylation is 1. The van der Waals surface area contributed by atoms with E-state index in [1.54, 1.807) is 0 Å². The molecule has 1 aliphatic rings. The second-order valence-corrected chi connectivity index (χ2v) is 4.30. The molecule has 84 valence electrons. The summed E-state index contributed by atoms with van der Waals surface area (Å²) in [5.74, 6) is 0. The van der Waals surface area contributed by atoms with Gasteiger partial charge in [0.15, 0.2) is 0 Å². The summed E-state index contributed by atoms with van der Waals surface area (Å²) in [5.41, 5.74) is 7.12. The van der Waals surface area contributed by atoms with Gasteiger partial charge < -0.3 is 5.73 Å². The van der Waals surface area contributed by atoms with Gasteiger partial charge in [-0.1, -0.05) is 6.42 Å². The molecule has 0 bridgehead atoms. The summed E-state index contributed by atoms with van der Waals surface area (Å²) in [4.78, 5) is 2.49. The predicted octanol–water partition coefficient (Wildman–Crippen LogP) is 0.906. The van der Waals surface area contributed by atoms with E-state index < -0.39 is 0 Å². The molecule has 0 aromatic carbocycles.